The molecule has 3 N–H and O–H groups in total. The van der Waals surface area contributed by atoms with Crippen LogP contribution in [-0.4, -0.2) is 37.5 Å². The minimum absolute atomic E-state index is 0.110. The van der Waals surface area contributed by atoms with Gasteiger partial charge in [-0.05, 0) is 37.0 Å². The molecule has 112 valence electrons. The Balaban J connectivity index is 1.87. The molecule has 0 aliphatic carbocycles. The molecule has 0 bridgehead atoms. The van der Waals surface area contributed by atoms with Gasteiger partial charge in [0.2, 0.25) is 0 Å². The van der Waals surface area contributed by atoms with Gasteiger partial charge in [-0.15, -0.1) is 0 Å². The molecule has 1 atom stereocenters. The highest BCUT2D eigenvalue weighted by Gasteiger charge is 2.19. The van der Waals surface area contributed by atoms with Crippen molar-refractivity contribution in [3.63, 3.8) is 0 Å². The highest BCUT2D eigenvalue weighted by Crippen LogP contribution is 2.23. The van der Waals surface area contributed by atoms with Crippen LogP contribution in [0.4, 0.5) is 5.69 Å². The fourth-order valence-electron chi connectivity index (χ4n) is 2.67. The largest absolute Gasteiger partial charge is 0.394 e. The first-order valence-corrected chi connectivity index (χ1v) is 7.57. The second-order valence-corrected chi connectivity index (χ2v) is 5.39. The van der Waals surface area contributed by atoms with Crippen molar-refractivity contribution in [3.8, 4) is 0 Å². The van der Waals surface area contributed by atoms with E-state index in [0.717, 1.165) is 32.4 Å². The minimum atomic E-state index is 0.110. The average molecular weight is 278 g/mol. The third-order valence-electron chi connectivity index (χ3n) is 4.01. The van der Waals surface area contributed by atoms with Crippen molar-refractivity contribution in [3.05, 3.63) is 29.8 Å². The summed E-state index contributed by atoms with van der Waals surface area (Å²) in [6.45, 7) is 4.69. The number of rotatable bonds is 6. The van der Waals surface area contributed by atoms with Crippen molar-refractivity contribution in [2.24, 2.45) is 5.73 Å². The Hall–Kier alpha value is -1.10. The number of piperidine rings is 1. The van der Waals surface area contributed by atoms with Crippen molar-refractivity contribution in [2.75, 3.05) is 31.2 Å². The number of nitrogens with two attached hydrogens (primary N) is 1. The second-order valence-electron chi connectivity index (χ2n) is 5.39. The molecule has 0 amide bonds. The summed E-state index contributed by atoms with van der Waals surface area (Å²) in [5.41, 5.74) is 8.50. The molecule has 0 saturated carbocycles. The van der Waals surface area contributed by atoms with E-state index in [0.29, 0.717) is 12.7 Å². The number of nitrogens with zero attached hydrogens (tertiary/aromatic N) is 1. The lowest BCUT2D eigenvalue weighted by Crippen LogP contribution is -2.37. The summed E-state index contributed by atoms with van der Waals surface area (Å²) >= 11 is 0. The maximum absolute atomic E-state index is 8.77. The molecular weight excluding hydrogens is 252 g/mol. The van der Waals surface area contributed by atoms with E-state index in [1.807, 2.05) is 0 Å². The van der Waals surface area contributed by atoms with Crippen molar-refractivity contribution in [2.45, 2.75) is 38.3 Å². The van der Waals surface area contributed by atoms with E-state index in [-0.39, 0.29) is 12.6 Å². The third-order valence-corrected chi connectivity index (χ3v) is 4.01. The minimum Gasteiger partial charge on any atom is -0.394 e. The van der Waals surface area contributed by atoms with Crippen LogP contribution in [0.1, 0.15) is 37.8 Å². The average Bonchev–Trinajstić information content (AvgIpc) is 2.53. The van der Waals surface area contributed by atoms with Gasteiger partial charge >= 0.3 is 0 Å². The van der Waals surface area contributed by atoms with Gasteiger partial charge in [0.15, 0.2) is 0 Å². The van der Waals surface area contributed by atoms with Gasteiger partial charge in [0, 0.05) is 24.8 Å². The molecule has 1 aromatic rings. The highest BCUT2D eigenvalue weighted by atomic mass is 16.5. The Labute approximate surface area is 121 Å². The monoisotopic (exact) mass is 278 g/mol. The fourth-order valence-corrected chi connectivity index (χ4v) is 2.67. The molecule has 1 heterocycles. The lowest BCUT2D eigenvalue weighted by atomic mass is 10.0. The van der Waals surface area contributed by atoms with Gasteiger partial charge in [-0.3, -0.25) is 0 Å². The molecular formula is C16H26N2O2. The standard InChI is InChI=1S/C16H26N2O2/c1-2-16(17)13-3-5-14(6-4-13)18-9-7-15(8-10-18)20-12-11-19/h3-6,15-16,19H,2,7-12,17H2,1H3. The van der Waals surface area contributed by atoms with Gasteiger partial charge in [0.25, 0.3) is 0 Å². The van der Waals surface area contributed by atoms with E-state index >= 15 is 0 Å². The Morgan fingerprint density at radius 1 is 1.30 bits per heavy atom. The first-order chi connectivity index (χ1) is 9.74. The number of ether oxygens (including phenoxy) is 1. The van der Waals surface area contributed by atoms with E-state index < -0.39 is 0 Å². The lowest BCUT2D eigenvalue weighted by Gasteiger charge is -2.33. The van der Waals surface area contributed by atoms with E-state index in [2.05, 4.69) is 36.1 Å². The molecule has 1 unspecified atom stereocenters. The Morgan fingerprint density at radius 3 is 2.50 bits per heavy atom. The predicted octanol–water partition coefficient (Wildman–Crippen LogP) is 2.07. The maximum Gasteiger partial charge on any atom is 0.0701 e. The van der Waals surface area contributed by atoms with Gasteiger partial charge in [-0.2, -0.15) is 0 Å². The van der Waals surface area contributed by atoms with Crippen LogP contribution >= 0.6 is 0 Å². The van der Waals surface area contributed by atoms with Crippen molar-refractivity contribution in [1.29, 1.82) is 0 Å². The van der Waals surface area contributed by atoms with Gasteiger partial charge in [-0.1, -0.05) is 19.1 Å². The molecule has 20 heavy (non-hydrogen) atoms. The smallest absolute Gasteiger partial charge is 0.0701 e. The van der Waals surface area contributed by atoms with Crippen LogP contribution in [-0.2, 0) is 4.74 Å². The summed E-state index contributed by atoms with van der Waals surface area (Å²) in [6.07, 6.45) is 3.31. The topological polar surface area (TPSA) is 58.7 Å². The summed E-state index contributed by atoms with van der Waals surface area (Å²) in [5.74, 6) is 0. The summed E-state index contributed by atoms with van der Waals surface area (Å²) in [4.78, 5) is 2.39. The highest BCUT2D eigenvalue weighted by molar-refractivity contribution is 5.48. The molecule has 2 rings (SSSR count). The number of hydrogen-bond donors (Lipinski definition) is 2. The number of benzene rings is 1. The summed E-state index contributed by atoms with van der Waals surface area (Å²) in [7, 11) is 0. The van der Waals surface area contributed by atoms with Gasteiger partial charge < -0.3 is 20.5 Å². The summed E-state index contributed by atoms with van der Waals surface area (Å²) in [5, 5.41) is 8.77. The first-order valence-electron chi connectivity index (χ1n) is 7.57. The molecule has 1 fully saturated rings. The molecule has 0 aromatic heterocycles. The number of aliphatic hydroxyl groups is 1. The molecule has 1 saturated heterocycles. The number of anilines is 1. The Bertz CT molecular complexity index is 386. The van der Waals surface area contributed by atoms with E-state index in [4.69, 9.17) is 15.6 Å². The molecule has 0 radical (unpaired) electrons. The molecule has 1 aliphatic heterocycles. The summed E-state index contributed by atoms with van der Waals surface area (Å²) < 4.78 is 5.59. The van der Waals surface area contributed by atoms with Gasteiger partial charge in [-0.25, -0.2) is 0 Å². The van der Waals surface area contributed by atoms with Crippen LogP contribution in [0.3, 0.4) is 0 Å². The number of aliphatic hydroxyl groups excluding tert-OH is 1. The van der Waals surface area contributed by atoms with Crippen LogP contribution in [0.25, 0.3) is 0 Å². The normalized spacial score (nSPS) is 18.2. The zero-order chi connectivity index (χ0) is 14.4. The zero-order valence-electron chi connectivity index (χ0n) is 12.3. The molecule has 4 nitrogen and oxygen atoms in total. The molecule has 0 spiro atoms. The molecule has 4 heteroatoms. The van der Waals surface area contributed by atoms with E-state index in [9.17, 15) is 0 Å². The fraction of sp³-hybridized carbons (Fsp3) is 0.625. The number of hydrogen-bond acceptors (Lipinski definition) is 4. The maximum atomic E-state index is 8.77. The van der Waals surface area contributed by atoms with Gasteiger partial charge in [0.05, 0.1) is 19.3 Å². The van der Waals surface area contributed by atoms with Crippen LogP contribution < -0.4 is 10.6 Å². The van der Waals surface area contributed by atoms with Crippen LogP contribution in [0.5, 0.6) is 0 Å². The summed E-state index contributed by atoms with van der Waals surface area (Å²) in [6, 6.07) is 8.75. The predicted molar refractivity (Wildman–Crippen MR) is 81.9 cm³/mol. The Kier molecular flexibility index (Phi) is 5.83. The first kappa shape index (κ1) is 15.3. The quantitative estimate of drug-likeness (QED) is 0.836. The zero-order valence-corrected chi connectivity index (χ0v) is 12.3. The van der Waals surface area contributed by atoms with Crippen LogP contribution in [0.2, 0.25) is 0 Å². The van der Waals surface area contributed by atoms with Crippen molar-refractivity contribution in [1.82, 2.24) is 0 Å². The Morgan fingerprint density at radius 2 is 1.95 bits per heavy atom. The lowest BCUT2D eigenvalue weighted by molar-refractivity contribution is 0.0159. The van der Waals surface area contributed by atoms with Crippen LogP contribution in [0.15, 0.2) is 24.3 Å². The SMILES string of the molecule is CCC(N)c1ccc(N2CCC(OCCO)CC2)cc1. The second kappa shape index (κ2) is 7.62. The third kappa shape index (κ3) is 3.95. The molecule has 1 aliphatic rings. The van der Waals surface area contributed by atoms with Gasteiger partial charge in [0.1, 0.15) is 0 Å². The van der Waals surface area contributed by atoms with Crippen molar-refractivity contribution >= 4 is 5.69 Å². The van der Waals surface area contributed by atoms with E-state index in [1.165, 1.54) is 11.3 Å². The van der Waals surface area contributed by atoms with E-state index in [1.54, 1.807) is 0 Å². The molecule has 1 aromatic carbocycles. The van der Waals surface area contributed by atoms with Crippen LogP contribution in [0, 0.1) is 0 Å². The van der Waals surface area contributed by atoms with Crippen molar-refractivity contribution < 1.29 is 9.84 Å².